The van der Waals surface area contributed by atoms with Crippen LogP contribution in [0.3, 0.4) is 0 Å². The van der Waals surface area contributed by atoms with Crippen molar-refractivity contribution in [2.75, 3.05) is 36.4 Å². The van der Waals surface area contributed by atoms with Crippen LogP contribution in [0.25, 0.3) is 0 Å². The van der Waals surface area contributed by atoms with Crippen molar-refractivity contribution in [3.63, 3.8) is 0 Å². The maximum absolute atomic E-state index is 12.4. The first-order valence-electron chi connectivity index (χ1n) is 7.85. The number of anilines is 2. The van der Waals surface area contributed by atoms with Crippen molar-refractivity contribution in [3.8, 4) is 0 Å². The molecule has 2 aromatic rings. The Kier molecular flexibility index (Phi) is 5.17. The number of aryl methyl sites for hydroxylation is 1. The number of piperazine rings is 1. The van der Waals surface area contributed by atoms with Crippen molar-refractivity contribution in [1.82, 2.24) is 4.90 Å². The molecule has 0 aliphatic carbocycles. The molecule has 1 heterocycles. The van der Waals surface area contributed by atoms with Gasteiger partial charge in [-0.05, 0) is 42.8 Å². The highest BCUT2D eigenvalue weighted by Gasteiger charge is 2.22. The van der Waals surface area contributed by atoms with E-state index in [2.05, 4.69) is 17.1 Å². The molecule has 6 heteroatoms. The molecular formula is C18H19Cl2N3O. The Morgan fingerprint density at radius 1 is 1.00 bits per heavy atom. The van der Waals surface area contributed by atoms with Crippen LogP contribution in [-0.4, -0.2) is 37.1 Å². The van der Waals surface area contributed by atoms with Gasteiger partial charge in [0.25, 0.3) is 0 Å². The highest BCUT2D eigenvalue weighted by Crippen LogP contribution is 2.25. The van der Waals surface area contributed by atoms with Gasteiger partial charge in [0.2, 0.25) is 0 Å². The summed E-state index contributed by atoms with van der Waals surface area (Å²) in [7, 11) is 0. The highest BCUT2D eigenvalue weighted by atomic mass is 35.5. The van der Waals surface area contributed by atoms with E-state index in [1.165, 1.54) is 5.56 Å². The summed E-state index contributed by atoms with van der Waals surface area (Å²) in [6.07, 6.45) is 0. The van der Waals surface area contributed by atoms with Gasteiger partial charge in [-0.25, -0.2) is 4.79 Å². The first-order valence-corrected chi connectivity index (χ1v) is 8.61. The third kappa shape index (κ3) is 3.94. The van der Waals surface area contributed by atoms with Crippen LogP contribution in [0.5, 0.6) is 0 Å². The number of nitrogens with zero attached hydrogens (tertiary/aromatic N) is 2. The number of carbonyl (C=O) groups is 1. The number of nitrogens with one attached hydrogen (secondary N) is 1. The van der Waals surface area contributed by atoms with Crippen molar-refractivity contribution in [1.29, 1.82) is 0 Å². The zero-order valence-corrected chi connectivity index (χ0v) is 14.9. The standard InChI is InChI=1S/C18H19Cl2N3O/c1-13-5-6-15(20)12-17(13)22-7-9-23(10-8-22)18(24)21-16-4-2-3-14(19)11-16/h2-6,11-12H,7-10H2,1H3,(H,21,24). The van der Waals surface area contributed by atoms with Crippen LogP contribution in [0.15, 0.2) is 42.5 Å². The average molecular weight is 364 g/mol. The monoisotopic (exact) mass is 363 g/mol. The van der Waals surface area contributed by atoms with Crippen molar-refractivity contribution in [3.05, 3.63) is 58.1 Å². The van der Waals surface area contributed by atoms with Gasteiger partial charge >= 0.3 is 6.03 Å². The fourth-order valence-electron chi connectivity index (χ4n) is 2.84. The number of benzene rings is 2. The molecule has 2 amide bonds. The van der Waals surface area contributed by atoms with Gasteiger partial charge in [0.1, 0.15) is 0 Å². The number of urea groups is 1. The molecule has 2 aromatic carbocycles. The summed E-state index contributed by atoms with van der Waals surface area (Å²) in [6, 6.07) is 13.0. The lowest BCUT2D eigenvalue weighted by molar-refractivity contribution is 0.208. The summed E-state index contributed by atoms with van der Waals surface area (Å²) in [5.74, 6) is 0. The van der Waals surface area contributed by atoms with E-state index in [-0.39, 0.29) is 6.03 Å². The Morgan fingerprint density at radius 3 is 2.42 bits per heavy atom. The number of carbonyl (C=O) groups excluding carboxylic acids is 1. The van der Waals surface area contributed by atoms with Crippen LogP contribution < -0.4 is 10.2 Å². The molecule has 1 aliphatic heterocycles. The minimum Gasteiger partial charge on any atom is -0.368 e. The van der Waals surface area contributed by atoms with E-state index in [1.807, 2.05) is 35.2 Å². The Labute approximate surface area is 152 Å². The maximum Gasteiger partial charge on any atom is 0.321 e. The largest absolute Gasteiger partial charge is 0.368 e. The molecule has 0 unspecified atom stereocenters. The Hall–Kier alpha value is -1.91. The van der Waals surface area contributed by atoms with Crippen molar-refractivity contribution in [2.45, 2.75) is 6.92 Å². The van der Waals surface area contributed by atoms with E-state index in [1.54, 1.807) is 12.1 Å². The molecule has 0 radical (unpaired) electrons. The lowest BCUT2D eigenvalue weighted by Crippen LogP contribution is -2.50. The van der Waals surface area contributed by atoms with Gasteiger partial charge in [0, 0.05) is 47.6 Å². The number of halogens is 2. The fourth-order valence-corrected chi connectivity index (χ4v) is 3.20. The SMILES string of the molecule is Cc1ccc(Cl)cc1N1CCN(C(=O)Nc2cccc(Cl)c2)CC1. The normalized spacial score (nSPS) is 14.6. The fraction of sp³-hybridized carbons (Fsp3) is 0.278. The van der Waals surface area contributed by atoms with Gasteiger partial charge in [-0.15, -0.1) is 0 Å². The van der Waals surface area contributed by atoms with E-state index in [0.29, 0.717) is 23.8 Å². The van der Waals surface area contributed by atoms with Gasteiger partial charge in [0.15, 0.2) is 0 Å². The number of rotatable bonds is 2. The molecule has 0 aromatic heterocycles. The van der Waals surface area contributed by atoms with Crippen LogP contribution in [0.4, 0.5) is 16.2 Å². The summed E-state index contributed by atoms with van der Waals surface area (Å²) in [6.45, 7) is 4.97. The zero-order valence-electron chi connectivity index (χ0n) is 13.4. The molecule has 0 saturated carbocycles. The molecule has 3 rings (SSSR count). The van der Waals surface area contributed by atoms with Crippen LogP contribution in [0, 0.1) is 6.92 Å². The quantitative estimate of drug-likeness (QED) is 0.842. The van der Waals surface area contributed by atoms with E-state index >= 15 is 0 Å². The van der Waals surface area contributed by atoms with E-state index < -0.39 is 0 Å². The topological polar surface area (TPSA) is 35.6 Å². The third-order valence-corrected chi connectivity index (χ3v) is 4.62. The second kappa shape index (κ2) is 7.32. The average Bonchev–Trinajstić information content (AvgIpc) is 2.57. The summed E-state index contributed by atoms with van der Waals surface area (Å²) in [4.78, 5) is 16.5. The Balaban J connectivity index is 1.60. The van der Waals surface area contributed by atoms with E-state index in [4.69, 9.17) is 23.2 Å². The Bertz CT molecular complexity index is 743. The summed E-state index contributed by atoms with van der Waals surface area (Å²) in [5, 5.41) is 4.23. The predicted molar refractivity (Wildman–Crippen MR) is 100 cm³/mol. The first kappa shape index (κ1) is 16.9. The summed E-state index contributed by atoms with van der Waals surface area (Å²) >= 11 is 12.1. The molecule has 1 saturated heterocycles. The third-order valence-electron chi connectivity index (χ3n) is 4.15. The lowest BCUT2D eigenvalue weighted by Gasteiger charge is -2.36. The number of hydrogen-bond donors (Lipinski definition) is 1. The van der Waals surface area contributed by atoms with Gasteiger partial charge in [-0.2, -0.15) is 0 Å². The minimum absolute atomic E-state index is 0.0975. The van der Waals surface area contributed by atoms with Crippen molar-refractivity contribution in [2.24, 2.45) is 0 Å². The van der Waals surface area contributed by atoms with Gasteiger partial charge in [-0.1, -0.05) is 35.3 Å². The zero-order chi connectivity index (χ0) is 17.1. The second-order valence-electron chi connectivity index (χ2n) is 5.85. The van der Waals surface area contributed by atoms with Gasteiger partial charge in [-0.3, -0.25) is 0 Å². The molecule has 0 bridgehead atoms. The van der Waals surface area contributed by atoms with E-state index in [0.717, 1.165) is 23.8 Å². The molecular weight excluding hydrogens is 345 g/mol. The van der Waals surface area contributed by atoms with Crippen molar-refractivity contribution >= 4 is 40.6 Å². The van der Waals surface area contributed by atoms with Gasteiger partial charge < -0.3 is 15.1 Å². The smallest absolute Gasteiger partial charge is 0.321 e. The van der Waals surface area contributed by atoms with Crippen LogP contribution >= 0.6 is 23.2 Å². The summed E-state index contributed by atoms with van der Waals surface area (Å²) in [5.41, 5.74) is 3.04. The molecule has 0 spiro atoms. The first-order chi connectivity index (χ1) is 11.5. The lowest BCUT2D eigenvalue weighted by atomic mass is 10.1. The number of hydrogen-bond acceptors (Lipinski definition) is 2. The molecule has 1 N–H and O–H groups in total. The van der Waals surface area contributed by atoms with Crippen LogP contribution in [0.1, 0.15) is 5.56 Å². The molecule has 24 heavy (non-hydrogen) atoms. The van der Waals surface area contributed by atoms with Gasteiger partial charge in [0.05, 0.1) is 0 Å². The molecule has 1 fully saturated rings. The molecule has 126 valence electrons. The highest BCUT2D eigenvalue weighted by molar-refractivity contribution is 6.31. The van der Waals surface area contributed by atoms with Crippen molar-refractivity contribution < 1.29 is 4.79 Å². The number of amides is 2. The Morgan fingerprint density at radius 2 is 1.71 bits per heavy atom. The predicted octanol–water partition coefficient (Wildman–Crippen LogP) is 4.66. The van der Waals surface area contributed by atoms with Crippen LogP contribution in [0.2, 0.25) is 10.0 Å². The van der Waals surface area contributed by atoms with E-state index in [9.17, 15) is 4.79 Å². The second-order valence-corrected chi connectivity index (χ2v) is 6.72. The molecule has 4 nitrogen and oxygen atoms in total. The van der Waals surface area contributed by atoms with Crippen LogP contribution in [-0.2, 0) is 0 Å². The maximum atomic E-state index is 12.4. The molecule has 0 atom stereocenters. The summed E-state index contributed by atoms with van der Waals surface area (Å²) < 4.78 is 0. The minimum atomic E-state index is -0.0975. The molecule has 1 aliphatic rings.